The van der Waals surface area contributed by atoms with Crippen molar-refractivity contribution in [3.05, 3.63) is 57.8 Å². The monoisotopic (exact) mass is 304 g/mol. The molecule has 1 amide bonds. The summed E-state index contributed by atoms with van der Waals surface area (Å²) in [6.45, 7) is 3.94. The van der Waals surface area contributed by atoms with E-state index in [4.69, 9.17) is 0 Å². The minimum absolute atomic E-state index is 0.124. The highest BCUT2D eigenvalue weighted by Gasteiger charge is 2.10. The van der Waals surface area contributed by atoms with Gasteiger partial charge >= 0.3 is 0 Å². The van der Waals surface area contributed by atoms with Crippen molar-refractivity contribution >= 4 is 27.5 Å². The zero-order valence-corrected chi connectivity index (χ0v) is 11.8. The number of hydrogen-bond acceptors (Lipinski definition) is 2. The standard InChI is InChI=1S/C14H13BrN2O/c1-9-5-6-11(10(2)8-9)14(18)17-12-4-3-7-16-13(12)15/h3-8H,1-2H3,(H,17,18). The van der Waals surface area contributed by atoms with Crippen LogP contribution in [0.25, 0.3) is 0 Å². The molecular weight excluding hydrogens is 292 g/mol. The van der Waals surface area contributed by atoms with Crippen LogP contribution in [0, 0.1) is 13.8 Å². The number of aryl methyl sites for hydroxylation is 2. The van der Waals surface area contributed by atoms with E-state index in [-0.39, 0.29) is 5.91 Å². The molecule has 1 aromatic heterocycles. The Hall–Kier alpha value is -1.68. The third-order valence-electron chi connectivity index (χ3n) is 2.63. The van der Waals surface area contributed by atoms with Gasteiger partial charge in [0.25, 0.3) is 5.91 Å². The van der Waals surface area contributed by atoms with Crippen LogP contribution in [0.4, 0.5) is 5.69 Å². The van der Waals surface area contributed by atoms with Crippen molar-refractivity contribution in [2.75, 3.05) is 5.32 Å². The fourth-order valence-electron chi connectivity index (χ4n) is 1.74. The van der Waals surface area contributed by atoms with Crippen molar-refractivity contribution in [3.63, 3.8) is 0 Å². The summed E-state index contributed by atoms with van der Waals surface area (Å²) in [6, 6.07) is 9.35. The van der Waals surface area contributed by atoms with Crippen LogP contribution in [0.2, 0.25) is 0 Å². The first-order chi connectivity index (χ1) is 8.58. The summed E-state index contributed by atoms with van der Waals surface area (Å²) >= 11 is 3.30. The van der Waals surface area contributed by atoms with Gasteiger partial charge in [-0.15, -0.1) is 0 Å². The van der Waals surface area contributed by atoms with Crippen LogP contribution in [0.15, 0.2) is 41.1 Å². The van der Waals surface area contributed by atoms with Gasteiger partial charge in [0.2, 0.25) is 0 Å². The Morgan fingerprint density at radius 1 is 1.28 bits per heavy atom. The Balaban J connectivity index is 2.25. The molecule has 0 atom stereocenters. The van der Waals surface area contributed by atoms with Crippen molar-refractivity contribution < 1.29 is 4.79 Å². The molecule has 1 heterocycles. The zero-order valence-electron chi connectivity index (χ0n) is 10.2. The molecule has 1 N–H and O–H groups in total. The molecule has 92 valence electrons. The van der Waals surface area contributed by atoms with Crippen molar-refractivity contribution in [1.82, 2.24) is 4.98 Å². The third-order valence-corrected chi connectivity index (χ3v) is 3.27. The zero-order chi connectivity index (χ0) is 13.1. The largest absolute Gasteiger partial charge is 0.320 e. The lowest BCUT2D eigenvalue weighted by molar-refractivity contribution is 0.102. The van der Waals surface area contributed by atoms with Crippen molar-refractivity contribution in [2.24, 2.45) is 0 Å². The van der Waals surface area contributed by atoms with Crippen LogP contribution < -0.4 is 5.32 Å². The Morgan fingerprint density at radius 2 is 2.06 bits per heavy atom. The van der Waals surface area contributed by atoms with E-state index in [2.05, 4.69) is 26.2 Å². The number of nitrogens with zero attached hydrogens (tertiary/aromatic N) is 1. The second-order valence-corrected chi connectivity index (χ2v) is 4.87. The van der Waals surface area contributed by atoms with Crippen LogP contribution in [0.1, 0.15) is 21.5 Å². The molecule has 0 bridgehead atoms. The fraction of sp³-hybridized carbons (Fsp3) is 0.143. The predicted molar refractivity (Wildman–Crippen MR) is 75.8 cm³/mol. The summed E-state index contributed by atoms with van der Waals surface area (Å²) in [5, 5.41) is 2.84. The van der Waals surface area contributed by atoms with Gasteiger partial charge in [-0.25, -0.2) is 4.98 Å². The van der Waals surface area contributed by atoms with E-state index in [0.717, 1.165) is 11.1 Å². The SMILES string of the molecule is Cc1ccc(C(=O)Nc2cccnc2Br)c(C)c1. The molecule has 1 aromatic carbocycles. The van der Waals surface area contributed by atoms with E-state index in [1.54, 1.807) is 18.3 Å². The number of nitrogens with one attached hydrogen (secondary N) is 1. The molecule has 18 heavy (non-hydrogen) atoms. The van der Waals surface area contributed by atoms with Gasteiger partial charge in [0, 0.05) is 11.8 Å². The molecular formula is C14H13BrN2O. The maximum absolute atomic E-state index is 12.1. The van der Waals surface area contributed by atoms with Crippen molar-refractivity contribution in [2.45, 2.75) is 13.8 Å². The summed E-state index contributed by atoms with van der Waals surface area (Å²) in [6.07, 6.45) is 1.66. The predicted octanol–water partition coefficient (Wildman–Crippen LogP) is 3.71. The Bertz CT molecular complexity index is 596. The molecule has 2 aromatic rings. The number of pyridine rings is 1. The van der Waals surface area contributed by atoms with Gasteiger partial charge in [0.15, 0.2) is 0 Å². The van der Waals surface area contributed by atoms with E-state index < -0.39 is 0 Å². The number of carbonyl (C=O) groups excluding carboxylic acids is 1. The molecule has 0 aliphatic carbocycles. The number of hydrogen-bond donors (Lipinski definition) is 1. The van der Waals surface area contributed by atoms with Gasteiger partial charge in [-0.1, -0.05) is 17.7 Å². The van der Waals surface area contributed by atoms with Crippen molar-refractivity contribution in [3.8, 4) is 0 Å². The quantitative estimate of drug-likeness (QED) is 0.859. The Labute approximate surface area is 114 Å². The number of anilines is 1. The van der Waals surface area contributed by atoms with Gasteiger partial charge in [0.05, 0.1) is 5.69 Å². The highest BCUT2D eigenvalue weighted by molar-refractivity contribution is 9.10. The number of halogens is 1. The van der Waals surface area contributed by atoms with Gasteiger partial charge in [-0.2, -0.15) is 0 Å². The van der Waals surface area contributed by atoms with Crippen LogP contribution in [-0.2, 0) is 0 Å². The van der Waals surface area contributed by atoms with Crippen LogP contribution in [0.3, 0.4) is 0 Å². The lowest BCUT2D eigenvalue weighted by atomic mass is 10.1. The van der Waals surface area contributed by atoms with E-state index in [0.29, 0.717) is 15.9 Å². The van der Waals surface area contributed by atoms with E-state index >= 15 is 0 Å². The Morgan fingerprint density at radius 3 is 2.72 bits per heavy atom. The summed E-state index contributed by atoms with van der Waals surface area (Å²) in [4.78, 5) is 16.2. The smallest absolute Gasteiger partial charge is 0.256 e. The maximum Gasteiger partial charge on any atom is 0.256 e. The summed E-state index contributed by atoms with van der Waals surface area (Å²) in [5.41, 5.74) is 3.46. The molecule has 0 spiro atoms. The van der Waals surface area contributed by atoms with Crippen LogP contribution in [-0.4, -0.2) is 10.9 Å². The van der Waals surface area contributed by atoms with Gasteiger partial charge < -0.3 is 5.32 Å². The molecule has 0 unspecified atom stereocenters. The van der Waals surface area contributed by atoms with Gasteiger partial charge in [-0.05, 0) is 53.5 Å². The number of aromatic nitrogens is 1. The first-order valence-corrected chi connectivity index (χ1v) is 6.36. The van der Waals surface area contributed by atoms with Crippen LogP contribution >= 0.6 is 15.9 Å². The minimum Gasteiger partial charge on any atom is -0.320 e. The van der Waals surface area contributed by atoms with Crippen LogP contribution in [0.5, 0.6) is 0 Å². The maximum atomic E-state index is 12.1. The normalized spacial score (nSPS) is 10.2. The molecule has 0 saturated heterocycles. The number of rotatable bonds is 2. The minimum atomic E-state index is -0.124. The number of benzene rings is 1. The highest BCUT2D eigenvalue weighted by Crippen LogP contribution is 2.20. The summed E-state index contributed by atoms with van der Waals surface area (Å²) < 4.78 is 0.628. The molecule has 0 fully saturated rings. The summed E-state index contributed by atoms with van der Waals surface area (Å²) in [7, 11) is 0. The van der Waals surface area contributed by atoms with E-state index in [9.17, 15) is 4.79 Å². The molecule has 4 heteroatoms. The molecule has 0 aliphatic rings. The molecule has 2 rings (SSSR count). The second kappa shape index (κ2) is 5.31. The van der Waals surface area contributed by atoms with Crippen molar-refractivity contribution in [1.29, 1.82) is 0 Å². The molecule has 0 saturated carbocycles. The lowest BCUT2D eigenvalue weighted by Crippen LogP contribution is -2.14. The first kappa shape index (κ1) is 12.8. The number of carbonyl (C=O) groups is 1. The second-order valence-electron chi connectivity index (χ2n) is 4.11. The average Bonchev–Trinajstić information content (AvgIpc) is 2.32. The third kappa shape index (κ3) is 2.76. The number of amides is 1. The first-order valence-electron chi connectivity index (χ1n) is 5.57. The topological polar surface area (TPSA) is 42.0 Å². The van der Waals surface area contributed by atoms with E-state index in [1.165, 1.54) is 0 Å². The van der Waals surface area contributed by atoms with Gasteiger partial charge in [0.1, 0.15) is 4.60 Å². The highest BCUT2D eigenvalue weighted by atomic mass is 79.9. The lowest BCUT2D eigenvalue weighted by Gasteiger charge is -2.09. The molecule has 0 aliphatic heterocycles. The molecule has 0 radical (unpaired) electrons. The summed E-state index contributed by atoms with van der Waals surface area (Å²) in [5.74, 6) is -0.124. The van der Waals surface area contributed by atoms with E-state index in [1.807, 2.05) is 32.0 Å². The molecule has 3 nitrogen and oxygen atoms in total. The average molecular weight is 305 g/mol. The Kier molecular flexibility index (Phi) is 3.77. The fourth-order valence-corrected chi connectivity index (χ4v) is 2.09. The van der Waals surface area contributed by atoms with Gasteiger partial charge in [-0.3, -0.25) is 4.79 Å².